The van der Waals surface area contributed by atoms with Crippen molar-refractivity contribution < 1.29 is 0 Å². The average Bonchev–Trinajstić information content (AvgIpc) is 1.59. The van der Waals surface area contributed by atoms with E-state index in [1.54, 1.807) is 0 Å². The van der Waals surface area contributed by atoms with Gasteiger partial charge in [-0.25, -0.2) is 0 Å². The Morgan fingerprint density at radius 2 is 1.00 bits per heavy atom. The lowest BCUT2D eigenvalue weighted by Gasteiger charge is -2.39. The van der Waals surface area contributed by atoms with E-state index in [9.17, 15) is 0 Å². The number of hydrogen-bond donors (Lipinski definition) is 0. The van der Waals surface area contributed by atoms with Crippen molar-refractivity contribution in [3.05, 3.63) is 0 Å². The van der Waals surface area contributed by atoms with E-state index < -0.39 is 0 Å². The standard InChI is InChI=1S/C8H21PSi/c1-7(2,3)9(10)8(4,5)6/h1-6,10H3. The fourth-order valence-corrected chi connectivity index (χ4v) is 3.02. The molecule has 0 rings (SSSR count). The Morgan fingerprint density at radius 1 is 0.800 bits per heavy atom. The van der Waals surface area contributed by atoms with Crippen LogP contribution in [0.15, 0.2) is 0 Å². The molecule has 0 aromatic rings. The highest BCUT2D eigenvalue weighted by Gasteiger charge is 2.29. The molecule has 0 unspecified atom stereocenters. The van der Waals surface area contributed by atoms with Crippen molar-refractivity contribution in [2.75, 3.05) is 0 Å². The maximum Gasteiger partial charge on any atom is 0.0341 e. The molecule has 0 heterocycles. The van der Waals surface area contributed by atoms with Gasteiger partial charge in [0, 0.05) is 9.91 Å². The van der Waals surface area contributed by atoms with Crippen LogP contribution in [0.25, 0.3) is 0 Å². The molecule has 2 heteroatoms. The van der Waals surface area contributed by atoms with Crippen LogP contribution < -0.4 is 0 Å². The molecular weight excluding hydrogens is 155 g/mol. The predicted molar refractivity (Wildman–Crippen MR) is 56.4 cm³/mol. The molecule has 62 valence electrons. The van der Waals surface area contributed by atoms with Crippen molar-refractivity contribution in [1.29, 1.82) is 0 Å². The third kappa shape index (κ3) is 3.16. The molecule has 0 nitrogen and oxygen atoms in total. The fraction of sp³-hybridized carbons (Fsp3) is 1.00. The Kier molecular flexibility index (Phi) is 3.14. The summed E-state index contributed by atoms with van der Waals surface area (Å²) in [5, 5.41) is 1.14. The van der Waals surface area contributed by atoms with Crippen molar-refractivity contribution in [1.82, 2.24) is 0 Å². The fourth-order valence-electron chi connectivity index (χ4n) is 1.01. The molecule has 0 aliphatic carbocycles. The minimum absolute atomic E-state index is 0.276. The first kappa shape index (κ1) is 10.6. The summed E-state index contributed by atoms with van der Waals surface area (Å²) in [6.07, 6.45) is 0. The largest absolute Gasteiger partial charge is 0.119 e. The van der Waals surface area contributed by atoms with Crippen LogP contribution in [0, 0.1) is 0 Å². The minimum Gasteiger partial charge on any atom is -0.119 e. The zero-order valence-electron chi connectivity index (χ0n) is 8.45. The third-order valence-electron chi connectivity index (χ3n) is 2.01. The van der Waals surface area contributed by atoms with Crippen LogP contribution in [-0.4, -0.2) is 20.2 Å². The Bertz CT molecular complexity index is 93.4. The molecule has 0 bridgehead atoms. The minimum atomic E-state index is 0.276. The molecule has 0 amide bonds. The van der Waals surface area contributed by atoms with E-state index in [1.165, 1.54) is 9.91 Å². The monoisotopic (exact) mass is 176 g/mol. The predicted octanol–water partition coefficient (Wildman–Crippen LogP) is 2.35. The lowest BCUT2D eigenvalue weighted by atomic mass is 10.2. The Balaban J connectivity index is 4.23. The van der Waals surface area contributed by atoms with Crippen LogP contribution in [0.5, 0.6) is 0 Å². The first-order valence-corrected chi connectivity index (χ1v) is 8.37. The van der Waals surface area contributed by atoms with E-state index in [0.29, 0.717) is 10.3 Å². The van der Waals surface area contributed by atoms with Gasteiger partial charge in [-0.3, -0.25) is 0 Å². The highest BCUT2D eigenvalue weighted by molar-refractivity contribution is 7.84. The highest BCUT2D eigenvalue weighted by atomic mass is 31.4. The second-order valence-electron chi connectivity index (χ2n) is 4.90. The first-order chi connectivity index (χ1) is 4.15. The Morgan fingerprint density at radius 3 is 1.00 bits per heavy atom. The zero-order valence-corrected chi connectivity index (χ0v) is 11.3. The van der Waals surface area contributed by atoms with Gasteiger partial charge in [0.25, 0.3) is 0 Å². The lowest BCUT2D eigenvalue weighted by Crippen LogP contribution is -2.24. The zero-order chi connectivity index (χ0) is 8.58. The van der Waals surface area contributed by atoms with E-state index >= 15 is 0 Å². The van der Waals surface area contributed by atoms with Crippen molar-refractivity contribution in [3.8, 4) is 0 Å². The first-order valence-electron chi connectivity index (χ1n) is 3.89. The molecule has 0 radical (unpaired) electrons. The van der Waals surface area contributed by atoms with Crippen LogP contribution in [-0.2, 0) is 0 Å². The van der Waals surface area contributed by atoms with Crippen molar-refractivity contribution in [3.63, 3.8) is 0 Å². The van der Waals surface area contributed by atoms with E-state index in [1.807, 2.05) is 0 Å². The molecule has 10 heavy (non-hydrogen) atoms. The van der Waals surface area contributed by atoms with Gasteiger partial charge in [0.15, 0.2) is 0 Å². The van der Waals surface area contributed by atoms with Gasteiger partial charge in [-0.15, -0.1) is 7.47 Å². The Labute approximate surface area is 69.8 Å². The summed E-state index contributed by atoms with van der Waals surface area (Å²) < 4.78 is 0. The normalized spacial score (nSPS) is 14.7. The van der Waals surface area contributed by atoms with Crippen LogP contribution >= 0.6 is 7.47 Å². The van der Waals surface area contributed by atoms with E-state index in [4.69, 9.17) is 0 Å². The second kappa shape index (κ2) is 2.95. The molecule has 0 spiro atoms. The van der Waals surface area contributed by atoms with Crippen molar-refractivity contribution in [2.24, 2.45) is 0 Å². The molecule has 0 saturated carbocycles. The smallest absolute Gasteiger partial charge is 0.0341 e. The molecule has 0 aromatic carbocycles. The van der Waals surface area contributed by atoms with Crippen LogP contribution in [0.3, 0.4) is 0 Å². The average molecular weight is 176 g/mol. The van der Waals surface area contributed by atoms with Gasteiger partial charge >= 0.3 is 0 Å². The summed E-state index contributed by atoms with van der Waals surface area (Å²) in [5.74, 6) is 0. The van der Waals surface area contributed by atoms with E-state index in [-0.39, 0.29) is 7.47 Å². The van der Waals surface area contributed by atoms with Crippen molar-refractivity contribution in [2.45, 2.75) is 51.9 Å². The molecular formula is C8H21PSi. The van der Waals surface area contributed by atoms with Crippen molar-refractivity contribution >= 4 is 17.4 Å². The summed E-state index contributed by atoms with van der Waals surface area (Å²) in [4.78, 5) is 0. The molecule has 0 saturated heterocycles. The SMILES string of the molecule is CC(C)(C)P([SiH3])C(C)(C)C. The topological polar surface area (TPSA) is 0 Å². The highest BCUT2D eigenvalue weighted by Crippen LogP contribution is 2.55. The van der Waals surface area contributed by atoms with Crippen LogP contribution in [0.1, 0.15) is 41.5 Å². The van der Waals surface area contributed by atoms with Gasteiger partial charge in [-0.2, -0.15) is 0 Å². The maximum atomic E-state index is 2.37. The molecule has 0 aliphatic heterocycles. The third-order valence-corrected chi connectivity index (χ3v) is 14.1. The van der Waals surface area contributed by atoms with Gasteiger partial charge < -0.3 is 0 Å². The van der Waals surface area contributed by atoms with Crippen LogP contribution in [0.4, 0.5) is 0 Å². The lowest BCUT2D eigenvalue weighted by molar-refractivity contribution is 0.719. The van der Waals surface area contributed by atoms with Gasteiger partial charge in [0.05, 0.1) is 0 Å². The van der Waals surface area contributed by atoms with E-state index in [0.717, 1.165) is 0 Å². The maximum absolute atomic E-state index is 2.37. The summed E-state index contributed by atoms with van der Waals surface area (Å²) in [6, 6.07) is 0. The summed E-state index contributed by atoms with van der Waals surface area (Å²) in [6.45, 7) is 14.2. The Hall–Kier alpha value is 0.647. The molecule has 0 atom stereocenters. The molecule has 0 N–H and O–H groups in total. The van der Waals surface area contributed by atoms with Gasteiger partial charge in [-0.05, 0) is 10.3 Å². The molecule has 0 aromatic heterocycles. The second-order valence-corrected chi connectivity index (χ2v) is 11.4. The summed E-state index contributed by atoms with van der Waals surface area (Å²) in [7, 11) is 1.65. The quantitative estimate of drug-likeness (QED) is 0.392. The van der Waals surface area contributed by atoms with E-state index in [2.05, 4.69) is 41.5 Å². The van der Waals surface area contributed by atoms with Gasteiger partial charge in [0.2, 0.25) is 0 Å². The van der Waals surface area contributed by atoms with Gasteiger partial charge in [-0.1, -0.05) is 41.5 Å². The molecule has 0 aliphatic rings. The number of rotatable bonds is 0. The summed E-state index contributed by atoms with van der Waals surface area (Å²) in [5.41, 5.74) is 0. The number of hydrogen-bond acceptors (Lipinski definition) is 0. The molecule has 0 fully saturated rings. The van der Waals surface area contributed by atoms with Crippen LogP contribution in [0.2, 0.25) is 0 Å². The van der Waals surface area contributed by atoms with Gasteiger partial charge in [0.1, 0.15) is 0 Å². The summed E-state index contributed by atoms with van der Waals surface area (Å²) >= 11 is 0.